The van der Waals surface area contributed by atoms with Gasteiger partial charge in [0, 0.05) is 19.0 Å². The number of nitrogen functional groups attached to an aromatic ring is 1. The van der Waals surface area contributed by atoms with Gasteiger partial charge in [0.1, 0.15) is 5.82 Å². The van der Waals surface area contributed by atoms with Crippen molar-refractivity contribution in [2.75, 3.05) is 30.0 Å². The Morgan fingerprint density at radius 2 is 2.41 bits per heavy atom. The Morgan fingerprint density at radius 3 is 3.00 bits per heavy atom. The van der Waals surface area contributed by atoms with Crippen LogP contribution in [-0.2, 0) is 4.79 Å². The smallest absolute Gasteiger partial charge is 0.228 e. The van der Waals surface area contributed by atoms with Crippen LogP contribution in [0.4, 0.5) is 11.8 Å². The second kappa shape index (κ2) is 4.79. The summed E-state index contributed by atoms with van der Waals surface area (Å²) < 4.78 is 5.00. The van der Waals surface area contributed by atoms with Crippen LogP contribution in [0.25, 0.3) is 0 Å². The highest BCUT2D eigenvalue weighted by Crippen LogP contribution is 2.26. The largest absolute Gasteiger partial charge is 0.481 e. The quantitative estimate of drug-likeness (QED) is 0.761. The molecule has 1 aromatic heterocycles. The lowest BCUT2D eigenvalue weighted by Gasteiger charge is -2.16. The minimum atomic E-state index is 0.0317. The van der Waals surface area contributed by atoms with Crippen LogP contribution in [0.1, 0.15) is 6.42 Å². The van der Waals surface area contributed by atoms with Gasteiger partial charge in [-0.3, -0.25) is 9.69 Å². The van der Waals surface area contributed by atoms with Gasteiger partial charge in [-0.2, -0.15) is 22.6 Å². The zero-order valence-electron chi connectivity index (χ0n) is 9.46. The van der Waals surface area contributed by atoms with Crippen LogP contribution in [0.2, 0.25) is 0 Å². The average Bonchev–Trinajstić information content (AvgIpc) is 2.69. The van der Waals surface area contributed by atoms with Gasteiger partial charge in [0.05, 0.1) is 7.11 Å². The van der Waals surface area contributed by atoms with E-state index < -0.39 is 0 Å². The average molecular weight is 254 g/mol. The molecular weight excluding hydrogens is 240 g/mol. The van der Waals surface area contributed by atoms with Gasteiger partial charge in [-0.05, 0) is 11.7 Å². The minimum Gasteiger partial charge on any atom is -0.481 e. The van der Waals surface area contributed by atoms with E-state index in [0.29, 0.717) is 30.4 Å². The number of hydrogen-bond acceptors (Lipinski definition) is 6. The van der Waals surface area contributed by atoms with Gasteiger partial charge in [0.15, 0.2) is 0 Å². The molecule has 17 heavy (non-hydrogen) atoms. The summed E-state index contributed by atoms with van der Waals surface area (Å²) in [6.45, 7) is 0.613. The monoisotopic (exact) mass is 254 g/mol. The van der Waals surface area contributed by atoms with Gasteiger partial charge < -0.3 is 10.5 Å². The highest BCUT2D eigenvalue weighted by molar-refractivity contribution is 7.80. The SMILES string of the molecule is COc1cc(N2CC(CS)CC2=O)nc(N)n1. The van der Waals surface area contributed by atoms with E-state index in [1.54, 1.807) is 11.0 Å². The van der Waals surface area contributed by atoms with Gasteiger partial charge in [0.2, 0.25) is 17.7 Å². The first-order chi connectivity index (χ1) is 8.13. The molecule has 2 N–H and O–H groups in total. The Labute approximate surface area is 105 Å². The van der Waals surface area contributed by atoms with Crippen molar-refractivity contribution in [3.05, 3.63) is 6.07 Å². The molecule has 0 radical (unpaired) electrons. The van der Waals surface area contributed by atoms with Crippen molar-refractivity contribution in [3.63, 3.8) is 0 Å². The van der Waals surface area contributed by atoms with Crippen LogP contribution in [0.5, 0.6) is 5.88 Å². The van der Waals surface area contributed by atoms with Crippen LogP contribution >= 0.6 is 12.6 Å². The van der Waals surface area contributed by atoms with Crippen molar-refractivity contribution in [3.8, 4) is 5.88 Å². The predicted molar refractivity (Wildman–Crippen MR) is 67.3 cm³/mol. The molecule has 6 nitrogen and oxygen atoms in total. The number of methoxy groups -OCH3 is 1. The number of carbonyl (C=O) groups excluding carboxylic acids is 1. The van der Waals surface area contributed by atoms with E-state index in [0.717, 1.165) is 0 Å². The van der Waals surface area contributed by atoms with Crippen molar-refractivity contribution in [2.45, 2.75) is 6.42 Å². The lowest BCUT2D eigenvalue weighted by molar-refractivity contribution is -0.117. The molecular formula is C10H14N4O2S. The van der Waals surface area contributed by atoms with E-state index in [1.807, 2.05) is 0 Å². The molecule has 1 aliphatic heterocycles. The van der Waals surface area contributed by atoms with Crippen LogP contribution < -0.4 is 15.4 Å². The fourth-order valence-electron chi connectivity index (χ4n) is 1.80. The second-order valence-corrected chi connectivity index (χ2v) is 4.25. The van der Waals surface area contributed by atoms with E-state index in [1.165, 1.54) is 7.11 Å². The molecule has 0 aromatic carbocycles. The Balaban J connectivity index is 2.28. The number of hydrogen-bond donors (Lipinski definition) is 2. The number of anilines is 2. The van der Waals surface area contributed by atoms with Gasteiger partial charge in [-0.1, -0.05) is 0 Å². The molecule has 0 spiro atoms. The van der Waals surface area contributed by atoms with Gasteiger partial charge >= 0.3 is 0 Å². The maximum absolute atomic E-state index is 11.8. The molecule has 1 amide bonds. The first kappa shape index (κ1) is 12.0. The normalized spacial score (nSPS) is 19.8. The third kappa shape index (κ3) is 2.44. The molecule has 0 aliphatic carbocycles. The minimum absolute atomic E-state index is 0.0317. The fourth-order valence-corrected chi connectivity index (χ4v) is 2.04. The fraction of sp³-hybridized carbons (Fsp3) is 0.500. The van der Waals surface area contributed by atoms with Gasteiger partial charge in [-0.25, -0.2) is 0 Å². The number of nitrogens with zero attached hydrogens (tertiary/aromatic N) is 3. The molecule has 1 fully saturated rings. The number of thiol groups is 1. The number of ether oxygens (including phenoxy) is 1. The molecule has 1 aromatic rings. The van der Waals surface area contributed by atoms with Crippen molar-refractivity contribution < 1.29 is 9.53 Å². The molecule has 0 bridgehead atoms. The van der Waals surface area contributed by atoms with Crippen molar-refractivity contribution >= 4 is 30.3 Å². The molecule has 7 heteroatoms. The Kier molecular flexibility index (Phi) is 3.37. The molecule has 2 rings (SSSR count). The lowest BCUT2D eigenvalue weighted by Crippen LogP contribution is -2.26. The van der Waals surface area contributed by atoms with Crippen molar-refractivity contribution in [1.29, 1.82) is 0 Å². The van der Waals surface area contributed by atoms with E-state index >= 15 is 0 Å². The van der Waals surface area contributed by atoms with Gasteiger partial charge in [0.25, 0.3) is 0 Å². The van der Waals surface area contributed by atoms with E-state index in [-0.39, 0.29) is 17.8 Å². The number of carbonyl (C=O) groups is 1. The lowest BCUT2D eigenvalue weighted by atomic mass is 10.1. The molecule has 1 saturated heterocycles. The van der Waals surface area contributed by atoms with E-state index in [9.17, 15) is 4.79 Å². The highest BCUT2D eigenvalue weighted by Gasteiger charge is 2.31. The number of rotatable bonds is 3. The highest BCUT2D eigenvalue weighted by atomic mass is 32.1. The zero-order valence-corrected chi connectivity index (χ0v) is 10.4. The van der Waals surface area contributed by atoms with Gasteiger partial charge in [-0.15, -0.1) is 0 Å². The van der Waals surface area contributed by atoms with E-state index in [4.69, 9.17) is 10.5 Å². The number of nitrogens with two attached hydrogens (primary N) is 1. The molecule has 2 heterocycles. The predicted octanol–water partition coefficient (Wildman–Crippen LogP) is 0.350. The first-order valence-corrected chi connectivity index (χ1v) is 5.87. The Bertz CT molecular complexity index is 440. The maximum atomic E-state index is 11.8. The Hall–Kier alpha value is -1.50. The number of amides is 1. The summed E-state index contributed by atoms with van der Waals surface area (Å²) in [5, 5.41) is 0. The maximum Gasteiger partial charge on any atom is 0.228 e. The second-order valence-electron chi connectivity index (χ2n) is 3.88. The molecule has 92 valence electrons. The molecule has 1 atom stereocenters. The zero-order chi connectivity index (χ0) is 12.4. The van der Waals surface area contributed by atoms with Crippen LogP contribution in [0, 0.1) is 5.92 Å². The number of aromatic nitrogens is 2. The van der Waals surface area contributed by atoms with Crippen LogP contribution in [0.3, 0.4) is 0 Å². The summed E-state index contributed by atoms with van der Waals surface area (Å²) in [6, 6.07) is 1.61. The van der Waals surface area contributed by atoms with Crippen LogP contribution in [-0.4, -0.2) is 35.3 Å². The molecule has 1 unspecified atom stereocenters. The Morgan fingerprint density at radius 1 is 1.65 bits per heavy atom. The van der Waals surface area contributed by atoms with Crippen LogP contribution in [0.15, 0.2) is 6.07 Å². The standard InChI is InChI=1S/C10H14N4O2S/c1-16-8-3-7(12-10(11)13-8)14-4-6(5-17)2-9(14)15/h3,6,17H,2,4-5H2,1H3,(H2,11,12,13). The molecule has 1 aliphatic rings. The first-order valence-electron chi connectivity index (χ1n) is 5.23. The summed E-state index contributed by atoms with van der Waals surface area (Å²) in [4.78, 5) is 21.3. The van der Waals surface area contributed by atoms with E-state index in [2.05, 4.69) is 22.6 Å². The summed E-state index contributed by atoms with van der Waals surface area (Å²) >= 11 is 4.21. The topological polar surface area (TPSA) is 81.3 Å². The summed E-state index contributed by atoms with van der Waals surface area (Å²) in [7, 11) is 1.49. The summed E-state index contributed by atoms with van der Waals surface area (Å²) in [5.41, 5.74) is 5.56. The summed E-state index contributed by atoms with van der Waals surface area (Å²) in [6.07, 6.45) is 0.496. The van der Waals surface area contributed by atoms with Crippen molar-refractivity contribution in [2.24, 2.45) is 5.92 Å². The molecule has 0 saturated carbocycles. The van der Waals surface area contributed by atoms with Crippen molar-refractivity contribution in [1.82, 2.24) is 9.97 Å². The third-order valence-corrected chi connectivity index (χ3v) is 3.17. The third-order valence-electron chi connectivity index (χ3n) is 2.66. The summed E-state index contributed by atoms with van der Waals surface area (Å²) in [5.74, 6) is 1.91.